The molecular weight excluding hydrogens is 614 g/mol. The van der Waals surface area contributed by atoms with Gasteiger partial charge in [0, 0.05) is 48.5 Å². The van der Waals surface area contributed by atoms with Crippen molar-refractivity contribution in [2.24, 2.45) is 0 Å². The van der Waals surface area contributed by atoms with Gasteiger partial charge in [-0.2, -0.15) is 5.10 Å². The number of hydrogen-bond donors (Lipinski definition) is 3. The smallest absolute Gasteiger partial charge is 0.347 e. The molecule has 5 rings (SSSR count). The maximum Gasteiger partial charge on any atom is 0.347 e. The Morgan fingerprint density at radius 2 is 1.91 bits per heavy atom. The van der Waals surface area contributed by atoms with Crippen LogP contribution in [-0.2, 0) is 24.3 Å². The van der Waals surface area contributed by atoms with Crippen molar-refractivity contribution < 1.29 is 19.1 Å². The third-order valence-corrected chi connectivity index (χ3v) is 8.05. The van der Waals surface area contributed by atoms with E-state index in [9.17, 15) is 24.0 Å². The molecule has 4 aromatic rings. The molecule has 0 bridgehead atoms. The highest BCUT2D eigenvalue weighted by atomic mass is 35.5. The first-order valence-corrected chi connectivity index (χ1v) is 15.6. The highest BCUT2D eigenvalue weighted by Crippen LogP contribution is 2.24. The van der Waals surface area contributed by atoms with E-state index in [4.69, 9.17) is 16.3 Å². The van der Waals surface area contributed by atoms with Crippen molar-refractivity contribution >= 4 is 35.0 Å². The van der Waals surface area contributed by atoms with Gasteiger partial charge >= 0.3 is 5.69 Å². The zero-order valence-electron chi connectivity index (χ0n) is 25.8. The van der Waals surface area contributed by atoms with E-state index in [0.29, 0.717) is 41.6 Å². The van der Waals surface area contributed by atoms with Crippen molar-refractivity contribution in [2.75, 3.05) is 13.2 Å². The van der Waals surface area contributed by atoms with E-state index in [1.54, 1.807) is 33.7 Å². The second-order valence-corrected chi connectivity index (χ2v) is 11.8. The maximum atomic E-state index is 13.7. The Morgan fingerprint density at radius 3 is 2.65 bits per heavy atom. The van der Waals surface area contributed by atoms with Gasteiger partial charge in [-0.1, -0.05) is 37.1 Å². The summed E-state index contributed by atoms with van der Waals surface area (Å²) in [7, 11) is 0. The third-order valence-electron chi connectivity index (χ3n) is 7.82. The normalized spacial score (nSPS) is 13.5. The van der Waals surface area contributed by atoms with E-state index in [1.165, 1.54) is 28.8 Å². The first-order valence-electron chi connectivity index (χ1n) is 15.2. The second kappa shape index (κ2) is 14.0. The number of carbonyl (C=O) groups is 3. The summed E-state index contributed by atoms with van der Waals surface area (Å²) >= 11 is 6.18. The Hall–Kier alpha value is -4.91. The van der Waals surface area contributed by atoms with Gasteiger partial charge in [0.15, 0.2) is 17.1 Å². The van der Waals surface area contributed by atoms with E-state index in [1.807, 2.05) is 20.8 Å². The van der Waals surface area contributed by atoms with Crippen LogP contribution < -0.4 is 26.5 Å². The van der Waals surface area contributed by atoms with Crippen molar-refractivity contribution in [1.29, 1.82) is 0 Å². The van der Waals surface area contributed by atoms with Gasteiger partial charge in [0.25, 0.3) is 11.8 Å². The number of nitrogens with zero attached hydrogens (tertiary/aromatic N) is 4. The van der Waals surface area contributed by atoms with E-state index in [-0.39, 0.29) is 41.9 Å². The summed E-state index contributed by atoms with van der Waals surface area (Å²) in [6.45, 7) is 6.89. The number of ether oxygens (including phenoxy) is 1. The largest absolute Gasteiger partial charge is 0.487 e. The van der Waals surface area contributed by atoms with Crippen LogP contribution in [0.25, 0.3) is 5.65 Å². The minimum Gasteiger partial charge on any atom is -0.487 e. The molecule has 0 unspecified atom stereocenters. The van der Waals surface area contributed by atoms with Crippen LogP contribution in [0, 0.1) is 0 Å². The van der Waals surface area contributed by atoms with Crippen LogP contribution in [-0.4, -0.2) is 67.0 Å². The highest BCUT2D eigenvalue weighted by molar-refractivity contribution is 6.30. The summed E-state index contributed by atoms with van der Waals surface area (Å²) < 4.78 is 8.75. The van der Waals surface area contributed by atoms with Gasteiger partial charge in [0.2, 0.25) is 11.3 Å². The first-order chi connectivity index (χ1) is 22.1. The monoisotopic (exact) mass is 649 g/mol. The molecule has 14 heteroatoms. The van der Waals surface area contributed by atoms with Crippen LogP contribution in [0.3, 0.4) is 0 Å². The number of aromatic nitrogens is 4. The Morgan fingerprint density at radius 1 is 1.11 bits per heavy atom. The quantitative estimate of drug-likeness (QED) is 0.199. The Balaban J connectivity index is 1.41. The zero-order chi connectivity index (χ0) is 33.0. The topological polar surface area (TPSA) is 160 Å². The lowest BCUT2D eigenvalue weighted by molar-refractivity contribution is -0.123. The molecule has 0 spiro atoms. The van der Waals surface area contributed by atoms with Gasteiger partial charge in [-0.05, 0) is 50.1 Å². The lowest BCUT2D eigenvalue weighted by Crippen LogP contribution is -2.49. The molecule has 3 aromatic heterocycles. The molecule has 13 nitrogen and oxygen atoms in total. The number of carbonyl (C=O) groups excluding carboxylic acids is 3. The summed E-state index contributed by atoms with van der Waals surface area (Å²) in [5, 5.41) is 12.3. The van der Waals surface area contributed by atoms with E-state index in [0.717, 1.165) is 12.8 Å². The molecule has 3 amide bonds. The third kappa shape index (κ3) is 6.99. The summed E-state index contributed by atoms with van der Waals surface area (Å²) in [6.07, 6.45) is 3.04. The summed E-state index contributed by atoms with van der Waals surface area (Å²) in [6, 6.07) is 10.2. The standard InChI is InChI=1S/C32H36ClN7O6/c1-4-5-13-46-28-25(41)16-23(39-12-11-38(19(2)3)31(44)27(28)39)17-34-30(43)24(15-20-7-6-8-22(33)14-20)35-29(42)21-9-10-26-36-37-32(45)40(26)18-21/h6-10,14,16,18-19,24H,4-5,11-13,15,17H2,1-3H3,(H,34,43)(H,35,42)(H,37,45)/t24-/m1/s1. The first kappa shape index (κ1) is 32.5. The van der Waals surface area contributed by atoms with Gasteiger partial charge in [-0.25, -0.2) is 14.3 Å². The average molecular weight is 650 g/mol. The van der Waals surface area contributed by atoms with E-state index in [2.05, 4.69) is 20.8 Å². The number of amides is 3. The molecule has 3 N–H and O–H groups in total. The minimum atomic E-state index is -1.05. The van der Waals surface area contributed by atoms with Gasteiger partial charge in [0.05, 0.1) is 18.7 Å². The molecule has 1 atom stereocenters. The average Bonchev–Trinajstić information content (AvgIpc) is 3.40. The summed E-state index contributed by atoms with van der Waals surface area (Å²) in [5.74, 6) is -1.40. The lowest BCUT2D eigenvalue weighted by Gasteiger charge is -2.35. The summed E-state index contributed by atoms with van der Waals surface area (Å²) in [4.78, 5) is 67.5. The number of rotatable bonds is 12. The van der Waals surface area contributed by atoms with Crippen LogP contribution in [0.1, 0.15) is 65.7 Å². The van der Waals surface area contributed by atoms with Crippen molar-refractivity contribution in [1.82, 2.24) is 34.7 Å². The van der Waals surface area contributed by atoms with Crippen molar-refractivity contribution in [3.8, 4) is 5.75 Å². The van der Waals surface area contributed by atoms with Crippen LogP contribution in [0.5, 0.6) is 5.75 Å². The van der Waals surface area contributed by atoms with Crippen molar-refractivity contribution in [3.05, 3.63) is 96.9 Å². The Bertz CT molecular complexity index is 1900. The molecule has 1 aliphatic heterocycles. The number of pyridine rings is 2. The van der Waals surface area contributed by atoms with Crippen LogP contribution in [0.4, 0.5) is 0 Å². The summed E-state index contributed by atoms with van der Waals surface area (Å²) in [5.41, 5.74) is 0.841. The maximum absolute atomic E-state index is 13.7. The number of H-pyrrole nitrogens is 1. The predicted octanol–water partition coefficient (Wildman–Crippen LogP) is 2.54. The Kier molecular flexibility index (Phi) is 9.90. The van der Waals surface area contributed by atoms with Crippen molar-refractivity contribution in [3.63, 3.8) is 0 Å². The van der Waals surface area contributed by atoms with Gasteiger partial charge < -0.3 is 24.8 Å². The molecule has 0 aliphatic carbocycles. The van der Waals surface area contributed by atoms with E-state index < -0.39 is 29.0 Å². The number of halogens is 1. The van der Waals surface area contributed by atoms with Crippen LogP contribution in [0.15, 0.2) is 58.3 Å². The molecule has 46 heavy (non-hydrogen) atoms. The minimum absolute atomic E-state index is 0.0127. The molecule has 1 aliphatic rings. The van der Waals surface area contributed by atoms with Crippen molar-refractivity contribution in [2.45, 2.75) is 65.2 Å². The number of aromatic amines is 1. The lowest BCUT2D eigenvalue weighted by atomic mass is 10.0. The van der Waals surface area contributed by atoms with Gasteiger partial charge in [-0.15, -0.1) is 0 Å². The number of hydrogen-bond acceptors (Lipinski definition) is 7. The fraction of sp³-hybridized carbons (Fsp3) is 0.375. The molecule has 0 radical (unpaired) electrons. The fourth-order valence-corrected chi connectivity index (χ4v) is 5.59. The number of nitrogens with one attached hydrogen (secondary N) is 3. The molecule has 0 saturated heterocycles. The van der Waals surface area contributed by atoms with Crippen LogP contribution >= 0.6 is 11.6 Å². The predicted molar refractivity (Wildman–Crippen MR) is 171 cm³/mol. The number of fused-ring (bicyclic) bond motifs is 2. The fourth-order valence-electron chi connectivity index (χ4n) is 5.38. The van der Waals surface area contributed by atoms with E-state index >= 15 is 0 Å². The SMILES string of the molecule is CCCCOc1c2n(c(CNC(=O)[C@@H](Cc3cccc(Cl)c3)NC(=O)c3ccc4n[nH]c(=O)n4c3)cc1=O)CCN(C(C)C)C2=O. The van der Waals surface area contributed by atoms with Gasteiger partial charge in [0.1, 0.15) is 6.04 Å². The number of benzene rings is 1. The molecule has 0 saturated carbocycles. The molecular formula is C32H36ClN7O6. The second-order valence-electron chi connectivity index (χ2n) is 11.4. The zero-order valence-corrected chi connectivity index (χ0v) is 26.6. The molecule has 242 valence electrons. The molecule has 1 aromatic carbocycles. The Labute approximate surface area is 269 Å². The number of unbranched alkanes of at least 4 members (excludes halogenated alkanes) is 1. The van der Waals surface area contributed by atoms with Crippen LogP contribution in [0.2, 0.25) is 5.02 Å². The van der Waals surface area contributed by atoms with Gasteiger partial charge in [-0.3, -0.25) is 19.2 Å². The molecule has 4 heterocycles. The molecule has 0 fully saturated rings. The highest BCUT2D eigenvalue weighted by Gasteiger charge is 2.32.